The van der Waals surface area contributed by atoms with Gasteiger partial charge in [-0.05, 0) is 26.3 Å². The van der Waals surface area contributed by atoms with E-state index in [1.807, 2.05) is 19.1 Å². The molecule has 0 saturated heterocycles. The molecule has 1 nitrogen and oxygen atoms in total. The van der Waals surface area contributed by atoms with Gasteiger partial charge in [-0.25, -0.2) is 4.98 Å². The van der Waals surface area contributed by atoms with Crippen LogP contribution in [0.2, 0.25) is 0 Å². The molecular formula is C9H12NS. The number of nitrogens with zero attached hydrogens (tertiary/aromatic N) is 1. The van der Waals surface area contributed by atoms with Crippen LogP contribution in [-0.4, -0.2) is 4.98 Å². The third kappa shape index (κ3) is 1.90. The van der Waals surface area contributed by atoms with Crippen LogP contribution in [0, 0.1) is 13.8 Å². The molecule has 1 rings (SSSR count). The van der Waals surface area contributed by atoms with E-state index in [2.05, 4.69) is 18.8 Å². The maximum atomic E-state index is 4.39. The Morgan fingerprint density at radius 2 is 2.36 bits per heavy atom. The van der Waals surface area contributed by atoms with Gasteiger partial charge in [-0.2, -0.15) is 0 Å². The summed E-state index contributed by atoms with van der Waals surface area (Å²) in [6.07, 6.45) is 4.83. The molecule has 59 valence electrons. The highest BCUT2D eigenvalue weighted by molar-refractivity contribution is 7.12. The van der Waals surface area contributed by atoms with Crippen molar-refractivity contribution in [3.8, 4) is 0 Å². The van der Waals surface area contributed by atoms with Gasteiger partial charge in [0, 0.05) is 0 Å². The van der Waals surface area contributed by atoms with Gasteiger partial charge in [-0.15, -0.1) is 11.3 Å². The van der Waals surface area contributed by atoms with Crippen molar-refractivity contribution in [3.63, 3.8) is 0 Å². The van der Waals surface area contributed by atoms with Crippen molar-refractivity contribution >= 4 is 17.4 Å². The average Bonchev–Trinajstić information content (AvgIpc) is 2.32. The maximum absolute atomic E-state index is 4.39. The van der Waals surface area contributed by atoms with Crippen molar-refractivity contribution in [1.29, 1.82) is 0 Å². The monoisotopic (exact) mass is 166 g/mol. The van der Waals surface area contributed by atoms with Crippen LogP contribution in [0.4, 0.5) is 0 Å². The lowest BCUT2D eigenvalue weighted by Gasteiger charge is -1.88. The molecule has 0 aliphatic carbocycles. The van der Waals surface area contributed by atoms with E-state index in [4.69, 9.17) is 0 Å². The quantitative estimate of drug-likeness (QED) is 0.658. The zero-order valence-corrected chi connectivity index (χ0v) is 7.74. The van der Waals surface area contributed by atoms with Gasteiger partial charge < -0.3 is 0 Å². The highest BCUT2D eigenvalue weighted by atomic mass is 32.1. The highest BCUT2D eigenvalue weighted by Crippen LogP contribution is 2.19. The van der Waals surface area contributed by atoms with Gasteiger partial charge in [-0.1, -0.05) is 13.0 Å². The van der Waals surface area contributed by atoms with Gasteiger partial charge in [0.05, 0.1) is 15.6 Å². The fourth-order valence-electron chi connectivity index (χ4n) is 0.977. The Labute approximate surface area is 71.8 Å². The van der Waals surface area contributed by atoms with E-state index in [9.17, 15) is 0 Å². The van der Waals surface area contributed by atoms with Gasteiger partial charge >= 0.3 is 0 Å². The Morgan fingerprint density at radius 1 is 1.64 bits per heavy atom. The van der Waals surface area contributed by atoms with E-state index in [0.29, 0.717) is 0 Å². The molecule has 1 aromatic rings. The normalized spacial score (nSPS) is 11.2. The molecule has 0 bridgehead atoms. The Balaban J connectivity index is 3.01. The van der Waals surface area contributed by atoms with Gasteiger partial charge in [0.2, 0.25) is 0 Å². The predicted molar refractivity (Wildman–Crippen MR) is 50.6 cm³/mol. The van der Waals surface area contributed by atoms with E-state index in [0.717, 1.165) is 11.4 Å². The summed E-state index contributed by atoms with van der Waals surface area (Å²) in [6, 6.07) is 0. The smallest absolute Gasteiger partial charge is 0.0903 e. The first-order valence-corrected chi connectivity index (χ1v) is 4.51. The summed E-state index contributed by atoms with van der Waals surface area (Å²) in [6.45, 7) is 7.82. The summed E-state index contributed by atoms with van der Waals surface area (Å²) in [5.74, 6) is 0. The van der Waals surface area contributed by atoms with Crippen molar-refractivity contribution in [2.45, 2.75) is 20.3 Å². The molecule has 2 heteroatoms. The fourth-order valence-corrected chi connectivity index (χ4v) is 1.92. The van der Waals surface area contributed by atoms with Gasteiger partial charge in [0.15, 0.2) is 0 Å². The Morgan fingerprint density at radius 3 is 2.91 bits per heavy atom. The summed E-state index contributed by atoms with van der Waals surface area (Å²) in [4.78, 5) is 5.64. The standard InChI is InChI=1S/C9H12NS/c1-4-6-9-8(5-2)10-7(3)11-9/h4,6H,1,5H2,2-3H3/b6-4+. The van der Waals surface area contributed by atoms with E-state index in [1.165, 1.54) is 10.6 Å². The number of allylic oxidation sites excluding steroid dienone is 1. The first kappa shape index (κ1) is 8.47. The topological polar surface area (TPSA) is 12.9 Å². The van der Waals surface area contributed by atoms with Gasteiger partial charge in [0.25, 0.3) is 0 Å². The molecule has 0 unspecified atom stereocenters. The minimum Gasteiger partial charge on any atom is -0.246 e. The van der Waals surface area contributed by atoms with Crippen molar-refractivity contribution in [2.75, 3.05) is 0 Å². The molecule has 0 amide bonds. The summed E-state index contributed by atoms with van der Waals surface area (Å²) in [5, 5.41) is 1.13. The van der Waals surface area contributed by atoms with Gasteiger partial charge in [-0.3, -0.25) is 0 Å². The number of hydrogen-bond acceptors (Lipinski definition) is 2. The van der Waals surface area contributed by atoms with Crippen LogP contribution in [0.25, 0.3) is 6.08 Å². The molecule has 0 saturated carbocycles. The van der Waals surface area contributed by atoms with E-state index < -0.39 is 0 Å². The molecule has 0 aliphatic heterocycles. The van der Waals surface area contributed by atoms with Crippen LogP contribution < -0.4 is 0 Å². The van der Waals surface area contributed by atoms with Crippen LogP contribution in [0.5, 0.6) is 0 Å². The molecule has 1 radical (unpaired) electrons. The second-order valence-electron chi connectivity index (χ2n) is 2.30. The first-order valence-electron chi connectivity index (χ1n) is 3.70. The minimum absolute atomic E-state index is 1.00. The Hall–Kier alpha value is -0.630. The number of hydrogen-bond donors (Lipinski definition) is 0. The molecule has 0 aliphatic rings. The average molecular weight is 166 g/mol. The molecule has 0 atom stereocenters. The largest absolute Gasteiger partial charge is 0.246 e. The van der Waals surface area contributed by atoms with E-state index in [-0.39, 0.29) is 0 Å². The fraction of sp³-hybridized carbons (Fsp3) is 0.333. The van der Waals surface area contributed by atoms with Crippen LogP contribution in [-0.2, 0) is 6.42 Å². The minimum atomic E-state index is 1.00. The number of rotatable bonds is 2. The van der Waals surface area contributed by atoms with Crippen molar-refractivity contribution < 1.29 is 0 Å². The summed E-state index contributed by atoms with van der Waals surface area (Å²) in [7, 11) is 0. The first-order chi connectivity index (χ1) is 5.27. The van der Waals surface area contributed by atoms with E-state index >= 15 is 0 Å². The molecular weight excluding hydrogens is 154 g/mol. The summed E-state index contributed by atoms with van der Waals surface area (Å²) in [5.41, 5.74) is 1.19. The molecule has 11 heavy (non-hydrogen) atoms. The Kier molecular flexibility index (Phi) is 2.83. The van der Waals surface area contributed by atoms with Crippen molar-refractivity contribution in [2.24, 2.45) is 0 Å². The summed E-state index contributed by atoms with van der Waals surface area (Å²) >= 11 is 1.73. The lowest BCUT2D eigenvalue weighted by Crippen LogP contribution is -1.81. The van der Waals surface area contributed by atoms with E-state index in [1.54, 1.807) is 11.3 Å². The third-order valence-corrected chi connectivity index (χ3v) is 2.42. The summed E-state index contributed by atoms with van der Waals surface area (Å²) < 4.78 is 0. The lowest BCUT2D eigenvalue weighted by molar-refractivity contribution is 1.04. The number of thiazole rings is 1. The van der Waals surface area contributed by atoms with Crippen molar-refractivity contribution in [1.82, 2.24) is 4.98 Å². The van der Waals surface area contributed by atoms with Crippen molar-refractivity contribution in [3.05, 3.63) is 28.6 Å². The lowest BCUT2D eigenvalue weighted by atomic mass is 10.3. The second-order valence-corrected chi connectivity index (χ2v) is 3.53. The highest BCUT2D eigenvalue weighted by Gasteiger charge is 2.02. The third-order valence-electron chi connectivity index (χ3n) is 1.44. The van der Waals surface area contributed by atoms with Gasteiger partial charge in [0.1, 0.15) is 0 Å². The second kappa shape index (κ2) is 3.67. The predicted octanol–water partition coefficient (Wildman–Crippen LogP) is 2.86. The Bertz CT molecular complexity index is 261. The van der Waals surface area contributed by atoms with Crippen LogP contribution in [0.15, 0.2) is 6.08 Å². The zero-order valence-electron chi connectivity index (χ0n) is 6.92. The van der Waals surface area contributed by atoms with Crippen LogP contribution >= 0.6 is 11.3 Å². The molecule has 0 spiro atoms. The SMILES string of the molecule is [CH2]/C=C/c1sc(C)nc1CC. The number of aromatic nitrogens is 1. The van der Waals surface area contributed by atoms with Crippen LogP contribution in [0.3, 0.4) is 0 Å². The molecule has 0 aromatic carbocycles. The molecule has 1 heterocycles. The number of aryl methyl sites for hydroxylation is 2. The molecule has 0 fully saturated rings. The van der Waals surface area contributed by atoms with Crippen LogP contribution in [0.1, 0.15) is 22.5 Å². The molecule has 0 N–H and O–H groups in total. The maximum Gasteiger partial charge on any atom is 0.0903 e. The molecule has 1 aromatic heterocycles. The zero-order chi connectivity index (χ0) is 8.27.